The molecule has 0 saturated carbocycles. The zero-order valence-electron chi connectivity index (χ0n) is 8.43. The zero-order chi connectivity index (χ0) is 11.5. The molecule has 1 amide bonds. The summed E-state index contributed by atoms with van der Waals surface area (Å²) in [6.45, 7) is 0.618. The third-order valence-electron chi connectivity index (χ3n) is 2.13. The second-order valence-electron chi connectivity index (χ2n) is 3.39. The van der Waals surface area contributed by atoms with Crippen LogP contribution in [0, 0.1) is 0 Å². The molecule has 16 heavy (non-hydrogen) atoms. The predicted molar refractivity (Wildman–Crippen MR) is 64.0 cm³/mol. The van der Waals surface area contributed by atoms with Gasteiger partial charge in [-0.3, -0.25) is 9.48 Å². The highest BCUT2D eigenvalue weighted by Crippen LogP contribution is 2.12. The minimum Gasteiger partial charge on any atom is -0.364 e. The summed E-state index contributed by atoms with van der Waals surface area (Å²) < 4.78 is 2.70. The molecule has 4 nitrogen and oxygen atoms in total. The Hall–Kier alpha value is -1.62. The van der Waals surface area contributed by atoms with Gasteiger partial charge in [-0.05, 0) is 23.8 Å². The highest BCUT2D eigenvalue weighted by Gasteiger charge is 2.04. The van der Waals surface area contributed by atoms with Crippen molar-refractivity contribution in [3.8, 4) is 0 Å². The van der Waals surface area contributed by atoms with Crippen molar-refractivity contribution in [2.75, 3.05) is 0 Å². The van der Waals surface area contributed by atoms with Crippen LogP contribution in [-0.4, -0.2) is 15.7 Å². The van der Waals surface area contributed by atoms with Gasteiger partial charge in [0.25, 0.3) is 5.91 Å². The van der Waals surface area contributed by atoms with E-state index in [1.165, 1.54) is 0 Å². The molecule has 82 valence electrons. The first kappa shape index (κ1) is 10.9. The van der Waals surface area contributed by atoms with Crippen molar-refractivity contribution in [1.29, 1.82) is 0 Å². The Labute approximate surface area is 101 Å². The molecule has 1 aromatic heterocycles. The van der Waals surface area contributed by atoms with Gasteiger partial charge in [-0.15, -0.1) is 0 Å². The van der Waals surface area contributed by atoms with E-state index in [0.717, 1.165) is 10.0 Å². The van der Waals surface area contributed by atoms with Gasteiger partial charge in [-0.25, -0.2) is 0 Å². The maximum absolute atomic E-state index is 10.9. The summed E-state index contributed by atoms with van der Waals surface area (Å²) in [6.07, 6.45) is 1.74. The van der Waals surface area contributed by atoms with Gasteiger partial charge < -0.3 is 5.73 Å². The molecule has 2 N–H and O–H groups in total. The number of primary amides is 1. The number of rotatable bonds is 3. The van der Waals surface area contributed by atoms with Crippen LogP contribution in [0.1, 0.15) is 16.1 Å². The summed E-state index contributed by atoms with van der Waals surface area (Å²) in [6, 6.07) is 9.53. The standard InChI is InChI=1S/C11H10BrN3O/c12-9-3-1-2-8(6-9)7-15-5-4-10(14-15)11(13)16/h1-6H,7H2,(H2,13,16). The molecule has 0 unspecified atom stereocenters. The molecule has 0 bridgehead atoms. The zero-order valence-corrected chi connectivity index (χ0v) is 10.0. The van der Waals surface area contributed by atoms with Gasteiger partial charge in [0, 0.05) is 10.7 Å². The molecule has 0 radical (unpaired) electrons. The summed E-state index contributed by atoms with van der Waals surface area (Å²) >= 11 is 3.40. The number of carbonyl (C=O) groups is 1. The van der Waals surface area contributed by atoms with Crippen LogP contribution in [0.5, 0.6) is 0 Å². The maximum Gasteiger partial charge on any atom is 0.269 e. The molecule has 0 aliphatic rings. The molecule has 1 aromatic carbocycles. The molecule has 0 spiro atoms. The molecular weight excluding hydrogens is 270 g/mol. The van der Waals surface area contributed by atoms with Crippen LogP contribution in [0.15, 0.2) is 41.0 Å². The fraction of sp³-hybridized carbons (Fsp3) is 0.0909. The number of benzene rings is 1. The molecule has 0 atom stereocenters. The Morgan fingerprint density at radius 2 is 2.25 bits per heavy atom. The van der Waals surface area contributed by atoms with E-state index < -0.39 is 5.91 Å². The molecule has 2 aromatic rings. The quantitative estimate of drug-likeness (QED) is 0.931. The summed E-state index contributed by atoms with van der Waals surface area (Å²) in [5, 5.41) is 4.06. The highest BCUT2D eigenvalue weighted by atomic mass is 79.9. The number of aromatic nitrogens is 2. The Morgan fingerprint density at radius 1 is 1.44 bits per heavy atom. The monoisotopic (exact) mass is 279 g/mol. The van der Waals surface area contributed by atoms with Crippen molar-refractivity contribution in [2.45, 2.75) is 6.54 Å². The van der Waals surface area contributed by atoms with Crippen molar-refractivity contribution in [1.82, 2.24) is 9.78 Å². The van der Waals surface area contributed by atoms with E-state index in [4.69, 9.17) is 5.73 Å². The van der Waals surface area contributed by atoms with E-state index >= 15 is 0 Å². The fourth-order valence-electron chi connectivity index (χ4n) is 1.40. The third kappa shape index (κ3) is 2.49. The number of nitrogens with two attached hydrogens (primary N) is 1. The van der Waals surface area contributed by atoms with Crippen LogP contribution in [0.4, 0.5) is 0 Å². The Morgan fingerprint density at radius 3 is 2.88 bits per heavy atom. The highest BCUT2D eigenvalue weighted by molar-refractivity contribution is 9.10. The van der Waals surface area contributed by atoms with Gasteiger partial charge >= 0.3 is 0 Å². The molecule has 1 heterocycles. The van der Waals surface area contributed by atoms with Crippen LogP contribution in [0.25, 0.3) is 0 Å². The second-order valence-corrected chi connectivity index (χ2v) is 4.31. The fourth-order valence-corrected chi connectivity index (χ4v) is 1.85. The number of hydrogen-bond acceptors (Lipinski definition) is 2. The molecule has 0 aliphatic carbocycles. The summed E-state index contributed by atoms with van der Waals surface area (Å²) in [4.78, 5) is 10.9. The lowest BCUT2D eigenvalue weighted by molar-refractivity contribution is 0.0995. The van der Waals surface area contributed by atoms with E-state index in [1.54, 1.807) is 16.9 Å². The minimum absolute atomic E-state index is 0.287. The number of carbonyl (C=O) groups excluding carboxylic acids is 1. The lowest BCUT2D eigenvalue weighted by Crippen LogP contribution is -2.12. The topological polar surface area (TPSA) is 60.9 Å². The van der Waals surface area contributed by atoms with Crippen molar-refractivity contribution >= 4 is 21.8 Å². The predicted octanol–water partition coefficient (Wildman–Crippen LogP) is 1.79. The van der Waals surface area contributed by atoms with E-state index in [-0.39, 0.29) is 5.69 Å². The summed E-state index contributed by atoms with van der Waals surface area (Å²) in [7, 11) is 0. The third-order valence-corrected chi connectivity index (χ3v) is 2.62. The molecule has 5 heteroatoms. The molecule has 2 rings (SSSR count). The Kier molecular flexibility index (Phi) is 3.05. The van der Waals surface area contributed by atoms with Crippen LogP contribution < -0.4 is 5.73 Å². The van der Waals surface area contributed by atoms with Gasteiger partial charge in [0.1, 0.15) is 5.69 Å². The largest absolute Gasteiger partial charge is 0.364 e. The van der Waals surface area contributed by atoms with Crippen molar-refractivity contribution in [3.63, 3.8) is 0 Å². The smallest absolute Gasteiger partial charge is 0.269 e. The van der Waals surface area contributed by atoms with Gasteiger partial charge in [-0.2, -0.15) is 5.10 Å². The number of nitrogens with zero attached hydrogens (tertiary/aromatic N) is 2. The van der Waals surface area contributed by atoms with E-state index in [1.807, 2.05) is 24.3 Å². The summed E-state index contributed by atoms with van der Waals surface area (Å²) in [5.41, 5.74) is 6.51. The normalized spacial score (nSPS) is 10.3. The van der Waals surface area contributed by atoms with Crippen molar-refractivity contribution < 1.29 is 4.79 Å². The SMILES string of the molecule is NC(=O)c1ccn(Cc2cccc(Br)c2)n1. The molecule has 0 fully saturated rings. The van der Waals surface area contributed by atoms with E-state index in [9.17, 15) is 4.79 Å². The van der Waals surface area contributed by atoms with E-state index in [0.29, 0.717) is 6.54 Å². The van der Waals surface area contributed by atoms with Gasteiger partial charge in [-0.1, -0.05) is 28.1 Å². The lowest BCUT2D eigenvalue weighted by Gasteiger charge is -2.02. The van der Waals surface area contributed by atoms with Crippen LogP contribution in [-0.2, 0) is 6.54 Å². The average Bonchev–Trinajstić information content (AvgIpc) is 2.66. The first-order valence-electron chi connectivity index (χ1n) is 4.73. The Balaban J connectivity index is 2.17. The second kappa shape index (κ2) is 4.49. The molecule has 0 saturated heterocycles. The minimum atomic E-state index is -0.506. The number of hydrogen-bond donors (Lipinski definition) is 1. The number of halogens is 1. The first-order valence-corrected chi connectivity index (χ1v) is 5.52. The van der Waals surface area contributed by atoms with Crippen molar-refractivity contribution in [3.05, 3.63) is 52.3 Å². The van der Waals surface area contributed by atoms with Gasteiger partial charge in [0.2, 0.25) is 0 Å². The van der Waals surface area contributed by atoms with Gasteiger partial charge in [0.05, 0.1) is 6.54 Å². The van der Waals surface area contributed by atoms with Crippen LogP contribution in [0.2, 0.25) is 0 Å². The Bertz CT molecular complexity index is 521. The van der Waals surface area contributed by atoms with Crippen LogP contribution >= 0.6 is 15.9 Å². The number of amides is 1. The maximum atomic E-state index is 10.9. The molecule has 0 aliphatic heterocycles. The summed E-state index contributed by atoms with van der Waals surface area (Å²) in [5.74, 6) is -0.506. The van der Waals surface area contributed by atoms with Crippen molar-refractivity contribution in [2.24, 2.45) is 5.73 Å². The van der Waals surface area contributed by atoms with Crippen LogP contribution in [0.3, 0.4) is 0 Å². The average molecular weight is 280 g/mol. The molecular formula is C11H10BrN3O. The van der Waals surface area contributed by atoms with E-state index in [2.05, 4.69) is 21.0 Å². The lowest BCUT2D eigenvalue weighted by atomic mass is 10.2. The first-order chi connectivity index (χ1) is 7.65. The van der Waals surface area contributed by atoms with Gasteiger partial charge in [0.15, 0.2) is 0 Å².